The maximum Gasteiger partial charge on any atom is 0.337 e. The van der Waals surface area contributed by atoms with Crippen LogP contribution < -0.4 is 0 Å². The lowest BCUT2D eigenvalue weighted by atomic mass is 10.2. The van der Waals surface area contributed by atoms with Gasteiger partial charge in [-0.2, -0.15) is 0 Å². The van der Waals surface area contributed by atoms with Crippen LogP contribution in [0.15, 0.2) is 27.6 Å². The summed E-state index contributed by atoms with van der Waals surface area (Å²) in [5.74, 6) is -1.36. The number of benzene rings is 1. The molecule has 0 aliphatic heterocycles. The maximum atomic E-state index is 11.6. The molecule has 1 aromatic carbocycles. The van der Waals surface area contributed by atoms with Crippen molar-refractivity contribution in [2.45, 2.75) is 11.8 Å². The molecule has 0 aromatic heterocycles. The van der Waals surface area contributed by atoms with Gasteiger partial charge >= 0.3 is 5.97 Å². The summed E-state index contributed by atoms with van der Waals surface area (Å²) in [6.45, 7) is 1.47. The van der Waals surface area contributed by atoms with Crippen molar-refractivity contribution < 1.29 is 18.3 Å². The Morgan fingerprint density at radius 3 is 2.53 bits per heavy atom. The Bertz CT molecular complexity index is 493. The van der Waals surface area contributed by atoms with E-state index < -0.39 is 15.8 Å². The molecule has 0 aliphatic carbocycles. The van der Waals surface area contributed by atoms with Gasteiger partial charge in [0.15, 0.2) is 9.84 Å². The van der Waals surface area contributed by atoms with Gasteiger partial charge in [-0.3, -0.25) is 0 Å². The van der Waals surface area contributed by atoms with Crippen LogP contribution in [-0.2, 0) is 9.84 Å². The van der Waals surface area contributed by atoms with Crippen molar-refractivity contribution in [3.8, 4) is 0 Å². The Morgan fingerprint density at radius 2 is 2.07 bits per heavy atom. The molecule has 0 aliphatic rings. The Labute approximate surface area is 96.0 Å². The summed E-state index contributed by atoms with van der Waals surface area (Å²) in [5, 5.41) is 8.84. The van der Waals surface area contributed by atoms with E-state index in [9.17, 15) is 13.2 Å². The number of carbonyl (C=O) groups is 1. The molecular formula is C9H9BrO4S. The Balaban J connectivity index is 3.51. The molecule has 0 bridgehead atoms. The summed E-state index contributed by atoms with van der Waals surface area (Å²) in [5.41, 5.74) is -0.194. The highest BCUT2D eigenvalue weighted by atomic mass is 79.9. The van der Waals surface area contributed by atoms with Crippen molar-refractivity contribution in [1.82, 2.24) is 0 Å². The van der Waals surface area contributed by atoms with E-state index in [1.807, 2.05) is 0 Å². The van der Waals surface area contributed by atoms with Gasteiger partial charge in [-0.05, 0) is 18.2 Å². The molecule has 0 amide bonds. The van der Waals surface area contributed by atoms with E-state index >= 15 is 0 Å². The van der Waals surface area contributed by atoms with E-state index in [1.165, 1.54) is 25.1 Å². The van der Waals surface area contributed by atoms with Crippen LogP contribution in [0.2, 0.25) is 0 Å². The van der Waals surface area contributed by atoms with Crippen LogP contribution in [0.3, 0.4) is 0 Å². The third kappa shape index (κ3) is 2.57. The van der Waals surface area contributed by atoms with E-state index in [2.05, 4.69) is 15.9 Å². The fourth-order valence-corrected chi connectivity index (χ4v) is 2.71. The van der Waals surface area contributed by atoms with Crippen LogP contribution in [0.1, 0.15) is 17.3 Å². The van der Waals surface area contributed by atoms with E-state index in [0.717, 1.165) is 0 Å². The Hall–Kier alpha value is -0.880. The minimum absolute atomic E-state index is 0.121. The molecule has 1 N–H and O–H groups in total. The minimum atomic E-state index is -3.51. The van der Waals surface area contributed by atoms with E-state index in [-0.39, 0.29) is 16.2 Å². The molecule has 0 atom stereocenters. The summed E-state index contributed by atoms with van der Waals surface area (Å²) in [6, 6.07) is 4.08. The van der Waals surface area contributed by atoms with E-state index in [0.29, 0.717) is 4.47 Å². The molecule has 0 spiro atoms. The summed E-state index contributed by atoms with van der Waals surface area (Å²) in [7, 11) is -3.51. The zero-order chi connectivity index (χ0) is 11.6. The van der Waals surface area contributed by atoms with Crippen molar-refractivity contribution in [1.29, 1.82) is 0 Å². The molecule has 0 heterocycles. The first kappa shape index (κ1) is 12.2. The number of halogens is 1. The van der Waals surface area contributed by atoms with Gasteiger partial charge in [0.05, 0.1) is 16.2 Å². The van der Waals surface area contributed by atoms with Gasteiger partial charge in [-0.25, -0.2) is 13.2 Å². The topological polar surface area (TPSA) is 71.4 Å². The molecule has 0 saturated heterocycles. The van der Waals surface area contributed by atoms with Crippen molar-refractivity contribution in [3.05, 3.63) is 28.2 Å². The number of carboxylic acid groups (broad SMARTS) is 1. The number of sulfone groups is 1. The van der Waals surface area contributed by atoms with E-state index in [1.54, 1.807) is 0 Å². The molecule has 82 valence electrons. The monoisotopic (exact) mass is 292 g/mol. The molecule has 0 unspecified atom stereocenters. The fourth-order valence-electron chi connectivity index (χ4n) is 1.09. The first-order chi connectivity index (χ1) is 6.88. The van der Waals surface area contributed by atoms with Gasteiger partial charge in [0.25, 0.3) is 0 Å². The predicted molar refractivity (Wildman–Crippen MR) is 58.8 cm³/mol. The average molecular weight is 293 g/mol. The highest BCUT2D eigenvalue weighted by molar-refractivity contribution is 9.10. The third-order valence-corrected chi connectivity index (χ3v) is 4.15. The zero-order valence-electron chi connectivity index (χ0n) is 7.90. The molecule has 6 heteroatoms. The van der Waals surface area contributed by atoms with Gasteiger partial charge in [0.2, 0.25) is 0 Å². The Morgan fingerprint density at radius 1 is 1.47 bits per heavy atom. The SMILES string of the molecule is CCS(=O)(=O)c1cc(Br)ccc1C(=O)O. The summed E-state index contributed by atoms with van der Waals surface area (Å²) >= 11 is 3.11. The molecule has 0 radical (unpaired) electrons. The summed E-state index contributed by atoms with van der Waals surface area (Å²) < 4.78 is 23.7. The number of rotatable bonds is 3. The normalized spacial score (nSPS) is 11.3. The lowest BCUT2D eigenvalue weighted by molar-refractivity contribution is 0.0692. The van der Waals surface area contributed by atoms with Crippen molar-refractivity contribution >= 4 is 31.7 Å². The largest absolute Gasteiger partial charge is 0.478 e. The molecule has 4 nitrogen and oxygen atoms in total. The first-order valence-corrected chi connectivity index (χ1v) is 6.58. The van der Waals surface area contributed by atoms with Gasteiger partial charge in [-0.1, -0.05) is 22.9 Å². The highest BCUT2D eigenvalue weighted by Gasteiger charge is 2.20. The molecular weight excluding hydrogens is 284 g/mol. The lowest BCUT2D eigenvalue weighted by Crippen LogP contribution is -2.10. The first-order valence-electron chi connectivity index (χ1n) is 4.14. The molecule has 1 aromatic rings. The van der Waals surface area contributed by atoms with Gasteiger partial charge < -0.3 is 5.11 Å². The van der Waals surface area contributed by atoms with Gasteiger partial charge in [0.1, 0.15) is 0 Å². The van der Waals surface area contributed by atoms with Gasteiger partial charge in [-0.15, -0.1) is 0 Å². The van der Waals surface area contributed by atoms with Crippen LogP contribution in [-0.4, -0.2) is 25.2 Å². The van der Waals surface area contributed by atoms with Crippen LogP contribution in [0.4, 0.5) is 0 Å². The van der Waals surface area contributed by atoms with E-state index in [4.69, 9.17) is 5.11 Å². The molecule has 0 saturated carbocycles. The van der Waals surface area contributed by atoms with Gasteiger partial charge in [0, 0.05) is 4.47 Å². The number of carboxylic acids is 1. The third-order valence-electron chi connectivity index (χ3n) is 1.89. The quantitative estimate of drug-likeness (QED) is 0.924. The van der Waals surface area contributed by atoms with Crippen molar-refractivity contribution in [2.24, 2.45) is 0 Å². The number of hydrogen-bond donors (Lipinski definition) is 1. The van der Waals surface area contributed by atoms with Crippen molar-refractivity contribution in [2.75, 3.05) is 5.75 Å². The summed E-state index contributed by atoms with van der Waals surface area (Å²) in [4.78, 5) is 10.7. The predicted octanol–water partition coefficient (Wildman–Crippen LogP) is 1.94. The molecule has 1 rings (SSSR count). The summed E-state index contributed by atoms with van der Waals surface area (Å²) in [6.07, 6.45) is 0. The number of aromatic carboxylic acids is 1. The maximum absolute atomic E-state index is 11.6. The van der Waals surface area contributed by atoms with Crippen molar-refractivity contribution in [3.63, 3.8) is 0 Å². The standard InChI is InChI=1S/C9H9BrO4S/c1-2-15(13,14)8-5-6(10)3-4-7(8)9(11)12/h3-5H,2H2,1H3,(H,11,12). The highest BCUT2D eigenvalue weighted by Crippen LogP contribution is 2.22. The smallest absolute Gasteiger partial charge is 0.337 e. The second kappa shape index (κ2) is 4.32. The van der Waals surface area contributed by atoms with Crippen LogP contribution >= 0.6 is 15.9 Å². The second-order valence-electron chi connectivity index (χ2n) is 2.85. The fraction of sp³-hybridized carbons (Fsp3) is 0.222. The van der Waals surface area contributed by atoms with Crippen LogP contribution in [0, 0.1) is 0 Å². The molecule has 0 fully saturated rings. The molecule has 15 heavy (non-hydrogen) atoms. The minimum Gasteiger partial charge on any atom is -0.478 e. The lowest BCUT2D eigenvalue weighted by Gasteiger charge is -2.06. The number of hydrogen-bond acceptors (Lipinski definition) is 3. The van der Waals surface area contributed by atoms with Crippen LogP contribution in [0.5, 0.6) is 0 Å². The zero-order valence-corrected chi connectivity index (χ0v) is 10.3. The second-order valence-corrected chi connectivity index (χ2v) is 6.01. The van der Waals surface area contributed by atoms with Crippen LogP contribution in [0.25, 0.3) is 0 Å². The average Bonchev–Trinajstić information content (AvgIpc) is 2.17. The Kier molecular flexibility index (Phi) is 3.51.